The fourth-order valence-electron chi connectivity index (χ4n) is 1.88. The van der Waals surface area contributed by atoms with Crippen LogP contribution in [0.5, 0.6) is 0 Å². The van der Waals surface area contributed by atoms with Crippen molar-refractivity contribution >= 4 is 23.2 Å². The molecule has 1 aromatic carbocycles. The van der Waals surface area contributed by atoms with Crippen LogP contribution in [0.2, 0.25) is 0 Å². The van der Waals surface area contributed by atoms with E-state index < -0.39 is 11.6 Å². The molecule has 0 bridgehead atoms. The van der Waals surface area contributed by atoms with E-state index in [-0.39, 0.29) is 47.9 Å². The summed E-state index contributed by atoms with van der Waals surface area (Å²) < 4.78 is 27.8. The number of benzene rings is 1. The molecule has 0 saturated carbocycles. The van der Waals surface area contributed by atoms with Crippen LogP contribution in [0.4, 0.5) is 20.2 Å². The van der Waals surface area contributed by atoms with Gasteiger partial charge in [0.25, 0.3) is 0 Å². The van der Waals surface area contributed by atoms with Crippen LogP contribution in [-0.2, 0) is 9.59 Å². The lowest BCUT2D eigenvalue weighted by atomic mass is 10.1. The number of rotatable bonds is 6. The Balaban J connectivity index is 2.83. The fraction of sp³-hybridized carbons (Fsp3) is 0.500. The average Bonchev–Trinajstić information content (AvgIpc) is 2.33. The van der Waals surface area contributed by atoms with Gasteiger partial charge in [0.2, 0.25) is 11.8 Å². The van der Waals surface area contributed by atoms with E-state index in [1.165, 1.54) is 0 Å². The number of amides is 2. The van der Waals surface area contributed by atoms with Gasteiger partial charge in [-0.2, -0.15) is 0 Å². The van der Waals surface area contributed by atoms with Gasteiger partial charge in [-0.1, -0.05) is 27.7 Å². The van der Waals surface area contributed by atoms with Crippen molar-refractivity contribution in [1.82, 2.24) is 0 Å². The zero-order valence-corrected chi connectivity index (χ0v) is 13.3. The minimum atomic E-state index is -0.793. The van der Waals surface area contributed by atoms with Crippen LogP contribution in [0, 0.1) is 23.5 Å². The molecule has 2 N–H and O–H groups in total. The second-order valence-corrected chi connectivity index (χ2v) is 6.10. The van der Waals surface area contributed by atoms with Crippen molar-refractivity contribution in [3.63, 3.8) is 0 Å². The first-order valence-corrected chi connectivity index (χ1v) is 7.27. The molecule has 0 fully saturated rings. The van der Waals surface area contributed by atoms with E-state index in [2.05, 4.69) is 10.6 Å². The van der Waals surface area contributed by atoms with Crippen molar-refractivity contribution in [3.05, 3.63) is 23.8 Å². The highest BCUT2D eigenvalue weighted by atomic mass is 19.1. The predicted molar refractivity (Wildman–Crippen MR) is 82.5 cm³/mol. The number of hydrogen-bond acceptors (Lipinski definition) is 2. The Hall–Kier alpha value is -1.98. The van der Waals surface area contributed by atoms with Gasteiger partial charge in [-0.3, -0.25) is 9.59 Å². The molecule has 0 heterocycles. The Kier molecular flexibility index (Phi) is 6.46. The van der Waals surface area contributed by atoms with E-state index in [1.807, 2.05) is 27.7 Å². The minimum absolute atomic E-state index is 0.113. The Morgan fingerprint density at radius 1 is 0.864 bits per heavy atom. The van der Waals surface area contributed by atoms with Gasteiger partial charge >= 0.3 is 0 Å². The summed E-state index contributed by atoms with van der Waals surface area (Å²) in [5, 5.41) is 4.66. The van der Waals surface area contributed by atoms with Gasteiger partial charge in [-0.05, 0) is 11.8 Å². The molecule has 0 aliphatic carbocycles. The standard InChI is InChI=1S/C16H22F2N2O2/c1-9(2)5-15(21)19-13-7-12(18)14(8-11(13)17)20-16(22)6-10(3)4/h7-10H,5-6H2,1-4H3,(H,19,21)(H,20,22). The van der Waals surface area contributed by atoms with Gasteiger partial charge in [0.15, 0.2) is 0 Å². The summed E-state index contributed by atoms with van der Waals surface area (Å²) in [5.41, 5.74) is -0.463. The topological polar surface area (TPSA) is 58.2 Å². The normalized spacial score (nSPS) is 10.9. The molecule has 1 rings (SSSR count). The Bertz CT molecular complexity index is 508. The van der Waals surface area contributed by atoms with Gasteiger partial charge in [0.05, 0.1) is 11.4 Å². The van der Waals surface area contributed by atoms with Crippen LogP contribution < -0.4 is 10.6 Å². The zero-order valence-electron chi connectivity index (χ0n) is 13.3. The Morgan fingerprint density at radius 3 is 1.45 bits per heavy atom. The molecule has 4 nitrogen and oxygen atoms in total. The van der Waals surface area contributed by atoms with Gasteiger partial charge in [-0.15, -0.1) is 0 Å². The van der Waals surface area contributed by atoms with Gasteiger partial charge < -0.3 is 10.6 Å². The maximum Gasteiger partial charge on any atom is 0.224 e. The van der Waals surface area contributed by atoms with Crippen molar-refractivity contribution in [2.75, 3.05) is 10.6 Å². The molecule has 0 aliphatic rings. The molecule has 0 saturated heterocycles. The van der Waals surface area contributed by atoms with Crippen molar-refractivity contribution in [3.8, 4) is 0 Å². The van der Waals surface area contributed by atoms with Crippen molar-refractivity contribution in [2.45, 2.75) is 40.5 Å². The van der Waals surface area contributed by atoms with E-state index in [9.17, 15) is 18.4 Å². The third-order valence-corrected chi connectivity index (χ3v) is 2.79. The largest absolute Gasteiger partial charge is 0.324 e. The van der Waals surface area contributed by atoms with E-state index >= 15 is 0 Å². The van der Waals surface area contributed by atoms with Crippen LogP contribution in [0.3, 0.4) is 0 Å². The summed E-state index contributed by atoms with van der Waals surface area (Å²) in [5.74, 6) is -2.13. The lowest BCUT2D eigenvalue weighted by Crippen LogP contribution is -2.17. The van der Waals surface area contributed by atoms with Crippen molar-refractivity contribution in [1.29, 1.82) is 0 Å². The summed E-state index contributed by atoms with van der Waals surface area (Å²) in [6.07, 6.45) is 0.432. The van der Waals surface area contributed by atoms with Crippen molar-refractivity contribution in [2.24, 2.45) is 11.8 Å². The first kappa shape index (κ1) is 18.1. The summed E-state index contributed by atoms with van der Waals surface area (Å²) in [6.45, 7) is 7.40. The highest BCUT2D eigenvalue weighted by Gasteiger charge is 2.15. The van der Waals surface area contributed by atoms with E-state index in [4.69, 9.17) is 0 Å². The number of carbonyl (C=O) groups is 2. The molecular formula is C16H22F2N2O2. The molecule has 2 amide bonds. The van der Waals surface area contributed by atoms with Crippen LogP contribution in [0.25, 0.3) is 0 Å². The van der Waals surface area contributed by atoms with Gasteiger partial charge in [0, 0.05) is 25.0 Å². The molecule has 0 aromatic heterocycles. The number of anilines is 2. The highest BCUT2D eigenvalue weighted by molar-refractivity contribution is 5.93. The lowest BCUT2D eigenvalue weighted by molar-refractivity contribution is -0.117. The van der Waals surface area contributed by atoms with Crippen LogP contribution in [0.15, 0.2) is 12.1 Å². The zero-order chi connectivity index (χ0) is 16.9. The smallest absolute Gasteiger partial charge is 0.224 e. The number of halogens is 2. The Morgan fingerprint density at radius 2 is 1.18 bits per heavy atom. The maximum absolute atomic E-state index is 13.9. The summed E-state index contributed by atoms with van der Waals surface area (Å²) in [4.78, 5) is 23.2. The van der Waals surface area contributed by atoms with Crippen LogP contribution >= 0.6 is 0 Å². The van der Waals surface area contributed by atoms with Crippen molar-refractivity contribution < 1.29 is 18.4 Å². The molecule has 6 heteroatoms. The van der Waals surface area contributed by atoms with Crippen LogP contribution in [0.1, 0.15) is 40.5 Å². The number of nitrogens with one attached hydrogen (secondary N) is 2. The van der Waals surface area contributed by atoms with Crippen LogP contribution in [-0.4, -0.2) is 11.8 Å². The summed E-state index contributed by atoms with van der Waals surface area (Å²) >= 11 is 0. The number of hydrogen-bond donors (Lipinski definition) is 2. The third kappa shape index (κ3) is 5.79. The molecule has 1 aromatic rings. The quantitative estimate of drug-likeness (QED) is 0.836. The van der Waals surface area contributed by atoms with Gasteiger partial charge in [-0.25, -0.2) is 8.78 Å². The Labute approximate surface area is 129 Å². The monoisotopic (exact) mass is 312 g/mol. The lowest BCUT2D eigenvalue weighted by Gasteiger charge is -2.12. The predicted octanol–water partition coefficient (Wildman–Crippen LogP) is 3.93. The molecule has 0 radical (unpaired) electrons. The molecule has 0 aliphatic heterocycles. The summed E-state index contributed by atoms with van der Waals surface area (Å²) in [6, 6.07) is 1.75. The second kappa shape index (κ2) is 7.87. The molecular weight excluding hydrogens is 290 g/mol. The molecule has 0 atom stereocenters. The average molecular weight is 312 g/mol. The maximum atomic E-state index is 13.9. The molecule has 0 unspecified atom stereocenters. The third-order valence-electron chi connectivity index (χ3n) is 2.79. The molecule has 22 heavy (non-hydrogen) atoms. The molecule has 122 valence electrons. The minimum Gasteiger partial charge on any atom is -0.324 e. The fourth-order valence-corrected chi connectivity index (χ4v) is 1.88. The van der Waals surface area contributed by atoms with E-state index in [1.54, 1.807) is 0 Å². The second-order valence-electron chi connectivity index (χ2n) is 6.10. The number of carbonyl (C=O) groups excluding carboxylic acids is 2. The SMILES string of the molecule is CC(C)CC(=O)Nc1cc(F)c(NC(=O)CC(C)C)cc1F. The summed E-state index contributed by atoms with van der Waals surface area (Å²) in [7, 11) is 0. The first-order valence-electron chi connectivity index (χ1n) is 7.27. The van der Waals surface area contributed by atoms with E-state index in [0.717, 1.165) is 12.1 Å². The first-order chi connectivity index (χ1) is 10.2. The molecule has 0 spiro atoms. The van der Waals surface area contributed by atoms with Gasteiger partial charge in [0.1, 0.15) is 11.6 Å². The van der Waals surface area contributed by atoms with E-state index in [0.29, 0.717) is 0 Å². The highest BCUT2D eigenvalue weighted by Crippen LogP contribution is 2.24.